The maximum Gasteiger partial charge on any atom is 0.261 e. The lowest BCUT2D eigenvalue weighted by molar-refractivity contribution is 0.104. The van der Waals surface area contributed by atoms with Gasteiger partial charge in [-0.2, -0.15) is 0 Å². The molecule has 0 aliphatic carbocycles. The Morgan fingerprint density at radius 3 is 2.47 bits per heavy atom. The molecule has 0 spiro atoms. The minimum atomic E-state index is -3.76. The minimum absolute atomic E-state index is 0.00883. The van der Waals surface area contributed by atoms with Crippen LogP contribution < -0.4 is 9.46 Å². The number of nitrogens with one attached hydrogen (secondary N) is 1. The van der Waals surface area contributed by atoms with E-state index in [1.165, 1.54) is 37.5 Å². The van der Waals surface area contributed by atoms with Crippen molar-refractivity contribution in [3.05, 3.63) is 89.5 Å². The SMILES string of the molecule is COc1cc(/C=C/C(=O)c2cccc(NS(=O)(=O)c3ccc(C)cc3)c2)ccc1O. The summed E-state index contributed by atoms with van der Waals surface area (Å²) < 4.78 is 32.6. The van der Waals surface area contributed by atoms with Gasteiger partial charge in [-0.05, 0) is 55.0 Å². The maximum atomic E-state index is 12.6. The van der Waals surface area contributed by atoms with Gasteiger partial charge < -0.3 is 9.84 Å². The third kappa shape index (κ3) is 5.07. The first-order valence-corrected chi connectivity index (χ1v) is 10.6. The van der Waals surface area contributed by atoms with Crippen LogP contribution in [-0.4, -0.2) is 26.4 Å². The number of hydrogen-bond donors (Lipinski definition) is 2. The summed E-state index contributed by atoms with van der Waals surface area (Å²) in [5.41, 5.74) is 2.26. The predicted octanol–water partition coefficient (Wildman–Crippen LogP) is 4.41. The summed E-state index contributed by atoms with van der Waals surface area (Å²) in [7, 11) is -2.32. The molecule has 3 aromatic carbocycles. The quantitative estimate of drug-likeness (QED) is 0.434. The predicted molar refractivity (Wildman–Crippen MR) is 116 cm³/mol. The Morgan fingerprint density at radius 1 is 1.03 bits per heavy atom. The molecule has 0 atom stereocenters. The molecule has 0 aliphatic heterocycles. The molecule has 3 aromatic rings. The van der Waals surface area contributed by atoms with Crippen molar-refractivity contribution in [2.24, 2.45) is 0 Å². The van der Waals surface area contributed by atoms with Gasteiger partial charge in [-0.25, -0.2) is 8.42 Å². The van der Waals surface area contributed by atoms with Crippen LogP contribution in [0.1, 0.15) is 21.5 Å². The molecule has 0 radical (unpaired) electrons. The van der Waals surface area contributed by atoms with Crippen molar-refractivity contribution in [1.82, 2.24) is 0 Å². The monoisotopic (exact) mass is 423 g/mol. The highest BCUT2D eigenvalue weighted by Gasteiger charge is 2.14. The molecule has 154 valence electrons. The highest BCUT2D eigenvalue weighted by Crippen LogP contribution is 2.27. The normalized spacial score (nSPS) is 11.4. The van der Waals surface area contributed by atoms with Gasteiger partial charge in [-0.15, -0.1) is 0 Å². The molecule has 0 amide bonds. The molecule has 0 aromatic heterocycles. The summed E-state index contributed by atoms with van der Waals surface area (Å²) in [6, 6.07) is 17.5. The van der Waals surface area contributed by atoms with Crippen molar-refractivity contribution in [3.8, 4) is 11.5 Å². The standard InChI is InChI=1S/C23H21NO5S/c1-16-6-10-20(11-7-16)30(27,28)24-19-5-3-4-18(15-19)21(25)12-8-17-9-13-22(26)23(14-17)29-2/h3-15,24,26H,1-2H3/b12-8+. The van der Waals surface area contributed by atoms with Crippen LogP contribution in [0.15, 0.2) is 77.7 Å². The molecule has 0 aliphatic rings. The number of carbonyl (C=O) groups is 1. The first-order valence-electron chi connectivity index (χ1n) is 9.07. The van der Waals surface area contributed by atoms with E-state index in [0.29, 0.717) is 22.6 Å². The number of phenols is 1. The summed E-state index contributed by atoms with van der Waals surface area (Å²) in [6.07, 6.45) is 2.97. The summed E-state index contributed by atoms with van der Waals surface area (Å²) in [5.74, 6) is 0.0186. The topological polar surface area (TPSA) is 92.7 Å². The van der Waals surface area contributed by atoms with Gasteiger partial charge in [-0.3, -0.25) is 9.52 Å². The first-order chi connectivity index (χ1) is 14.3. The fourth-order valence-corrected chi connectivity index (χ4v) is 3.78. The van der Waals surface area contributed by atoms with Crippen LogP contribution in [0.3, 0.4) is 0 Å². The van der Waals surface area contributed by atoms with Gasteiger partial charge in [-0.1, -0.05) is 42.0 Å². The van der Waals surface area contributed by atoms with Crippen LogP contribution in [0.4, 0.5) is 5.69 Å². The van der Waals surface area contributed by atoms with Gasteiger partial charge in [0.05, 0.1) is 12.0 Å². The second-order valence-corrected chi connectivity index (χ2v) is 8.31. The molecule has 3 rings (SSSR count). The van der Waals surface area contributed by atoms with E-state index in [9.17, 15) is 18.3 Å². The number of aryl methyl sites for hydroxylation is 1. The molecule has 0 bridgehead atoms. The largest absolute Gasteiger partial charge is 0.504 e. The lowest BCUT2D eigenvalue weighted by atomic mass is 10.1. The van der Waals surface area contributed by atoms with Crippen molar-refractivity contribution < 1.29 is 23.1 Å². The van der Waals surface area contributed by atoms with Crippen LogP contribution in [-0.2, 0) is 10.0 Å². The van der Waals surface area contributed by atoms with Gasteiger partial charge in [0.25, 0.3) is 10.0 Å². The summed E-state index contributed by atoms with van der Waals surface area (Å²) in [6.45, 7) is 1.88. The fraction of sp³-hybridized carbons (Fsp3) is 0.0870. The fourth-order valence-electron chi connectivity index (χ4n) is 2.73. The lowest BCUT2D eigenvalue weighted by Crippen LogP contribution is -2.13. The Morgan fingerprint density at radius 2 is 1.77 bits per heavy atom. The number of phenolic OH excluding ortho intramolecular Hbond substituents is 1. The summed E-state index contributed by atoms with van der Waals surface area (Å²) >= 11 is 0. The number of anilines is 1. The number of rotatable bonds is 7. The third-order valence-corrected chi connectivity index (χ3v) is 5.76. The molecule has 2 N–H and O–H groups in total. The Hall–Kier alpha value is -3.58. The molecule has 30 heavy (non-hydrogen) atoms. The van der Waals surface area contributed by atoms with E-state index in [-0.39, 0.29) is 16.4 Å². The van der Waals surface area contributed by atoms with Crippen molar-refractivity contribution in [2.75, 3.05) is 11.8 Å². The zero-order chi connectivity index (χ0) is 21.7. The zero-order valence-corrected chi connectivity index (χ0v) is 17.3. The van der Waals surface area contributed by atoms with E-state index < -0.39 is 10.0 Å². The Kier molecular flexibility index (Phi) is 6.23. The number of sulfonamides is 1. The Balaban J connectivity index is 1.77. The smallest absolute Gasteiger partial charge is 0.261 e. The van der Waals surface area contributed by atoms with Crippen molar-refractivity contribution in [1.29, 1.82) is 0 Å². The van der Waals surface area contributed by atoms with E-state index in [1.54, 1.807) is 48.5 Å². The number of carbonyl (C=O) groups excluding carboxylic acids is 1. The summed E-state index contributed by atoms with van der Waals surface area (Å²) in [4.78, 5) is 12.7. The van der Waals surface area contributed by atoms with E-state index in [1.807, 2.05) is 6.92 Å². The third-order valence-electron chi connectivity index (χ3n) is 4.36. The molecule has 7 heteroatoms. The number of methoxy groups -OCH3 is 1. The number of ether oxygens (including phenoxy) is 1. The molecule has 0 heterocycles. The van der Waals surface area contributed by atoms with E-state index in [2.05, 4.69) is 4.72 Å². The average molecular weight is 423 g/mol. The van der Waals surface area contributed by atoms with Crippen LogP contribution in [0, 0.1) is 6.92 Å². The van der Waals surface area contributed by atoms with Crippen molar-refractivity contribution >= 4 is 27.6 Å². The second-order valence-electron chi connectivity index (χ2n) is 6.63. The summed E-state index contributed by atoms with van der Waals surface area (Å²) in [5, 5.41) is 9.64. The molecule has 0 saturated heterocycles. The molecule has 0 unspecified atom stereocenters. The molecule has 0 fully saturated rings. The zero-order valence-electron chi connectivity index (χ0n) is 16.5. The number of hydrogen-bond acceptors (Lipinski definition) is 5. The highest BCUT2D eigenvalue weighted by atomic mass is 32.2. The van der Waals surface area contributed by atoms with Gasteiger partial charge in [0, 0.05) is 11.3 Å². The molecule has 6 nitrogen and oxygen atoms in total. The van der Waals surface area contributed by atoms with Crippen molar-refractivity contribution in [2.45, 2.75) is 11.8 Å². The highest BCUT2D eigenvalue weighted by molar-refractivity contribution is 7.92. The van der Waals surface area contributed by atoms with Gasteiger partial charge in [0.2, 0.25) is 0 Å². The number of ketones is 1. The lowest BCUT2D eigenvalue weighted by Gasteiger charge is -2.09. The van der Waals surface area contributed by atoms with Gasteiger partial charge >= 0.3 is 0 Å². The number of benzene rings is 3. The van der Waals surface area contributed by atoms with Crippen LogP contribution >= 0.6 is 0 Å². The van der Waals surface area contributed by atoms with Crippen LogP contribution in [0.25, 0.3) is 6.08 Å². The van der Waals surface area contributed by atoms with Crippen molar-refractivity contribution in [3.63, 3.8) is 0 Å². The number of aromatic hydroxyl groups is 1. The van der Waals surface area contributed by atoms with E-state index in [4.69, 9.17) is 4.74 Å². The first kappa shape index (κ1) is 21.1. The number of allylic oxidation sites excluding steroid dienone is 1. The molecular weight excluding hydrogens is 402 g/mol. The van der Waals surface area contributed by atoms with E-state index >= 15 is 0 Å². The Labute approximate surface area is 175 Å². The Bertz CT molecular complexity index is 1200. The average Bonchev–Trinajstić information content (AvgIpc) is 2.73. The second kappa shape index (κ2) is 8.84. The van der Waals surface area contributed by atoms with Crippen LogP contribution in [0.2, 0.25) is 0 Å². The van der Waals surface area contributed by atoms with Gasteiger partial charge in [0.1, 0.15) is 0 Å². The van der Waals surface area contributed by atoms with Crippen LogP contribution in [0.5, 0.6) is 11.5 Å². The van der Waals surface area contributed by atoms with Gasteiger partial charge in [0.15, 0.2) is 17.3 Å². The molecular formula is C23H21NO5S. The van der Waals surface area contributed by atoms with E-state index in [0.717, 1.165) is 5.56 Å². The minimum Gasteiger partial charge on any atom is -0.504 e. The maximum absolute atomic E-state index is 12.6. The molecule has 0 saturated carbocycles.